The van der Waals surface area contributed by atoms with Crippen LogP contribution in [0.5, 0.6) is 11.6 Å². The van der Waals surface area contributed by atoms with Gasteiger partial charge in [-0.15, -0.1) is 0 Å². The van der Waals surface area contributed by atoms with Gasteiger partial charge in [-0.1, -0.05) is 11.6 Å². The Morgan fingerprint density at radius 3 is 2.76 bits per heavy atom. The molecule has 0 saturated carbocycles. The first-order valence-electron chi connectivity index (χ1n) is 10.6. The van der Waals surface area contributed by atoms with Crippen LogP contribution in [-0.2, 0) is 32.5 Å². The lowest BCUT2D eigenvalue weighted by Crippen LogP contribution is -2.32. The molecule has 12 heteroatoms. The van der Waals surface area contributed by atoms with Crippen LogP contribution in [0.2, 0.25) is 5.02 Å². The van der Waals surface area contributed by atoms with Crippen molar-refractivity contribution in [3.05, 3.63) is 59.0 Å². The third kappa shape index (κ3) is 5.43. The predicted octanol–water partition coefficient (Wildman–Crippen LogP) is 2.44. The first-order chi connectivity index (χ1) is 16.3. The van der Waals surface area contributed by atoms with Crippen LogP contribution in [0.4, 0.5) is 0 Å². The molecule has 0 fully saturated rings. The summed E-state index contributed by atoms with van der Waals surface area (Å²) in [6.45, 7) is 0.372. The lowest BCUT2D eigenvalue weighted by Gasteiger charge is -2.24. The summed E-state index contributed by atoms with van der Waals surface area (Å²) in [7, 11) is 3.44. The maximum absolute atomic E-state index is 13.1. The Hall–Kier alpha value is -2.89. The van der Waals surface area contributed by atoms with Crippen LogP contribution >= 0.6 is 11.6 Å². The van der Waals surface area contributed by atoms with Crippen molar-refractivity contribution in [3.63, 3.8) is 0 Å². The van der Waals surface area contributed by atoms with Gasteiger partial charge in [-0.3, -0.25) is 9.48 Å². The van der Waals surface area contributed by atoms with E-state index in [9.17, 15) is 13.2 Å². The van der Waals surface area contributed by atoms with E-state index in [1.807, 2.05) is 0 Å². The molecule has 34 heavy (non-hydrogen) atoms. The van der Waals surface area contributed by atoms with Crippen molar-refractivity contribution in [1.82, 2.24) is 19.5 Å². The number of benzene rings is 1. The third-order valence-electron chi connectivity index (χ3n) is 5.51. The van der Waals surface area contributed by atoms with E-state index < -0.39 is 16.1 Å². The van der Waals surface area contributed by atoms with Gasteiger partial charge in [0.05, 0.1) is 43.4 Å². The van der Waals surface area contributed by atoms with Gasteiger partial charge in [0.2, 0.25) is 15.9 Å². The van der Waals surface area contributed by atoms with Crippen molar-refractivity contribution >= 4 is 40.9 Å². The summed E-state index contributed by atoms with van der Waals surface area (Å²) in [5.41, 5.74) is 1.79. The number of sulfonamides is 1. The standard InChI is InChI=1S/C22H22BClN4O5S/c1-32-21(29)9-10-28-20-4-2-3-19(17(20)13-26-28)27-34(30,31)16-11-18(23)22(25-12-16)33-15-7-5-14(24)6-8-15/h5-8,11-13,19,27H,2-4,9-10H2,1H3/t19-/m1/s1. The zero-order valence-electron chi connectivity index (χ0n) is 18.4. The Bertz CT molecular complexity index is 1300. The number of methoxy groups -OCH3 is 1. The SMILES string of the molecule is [B]c1cc(S(=O)(=O)N[C@@H]2CCCc3c2cnn3CCC(=O)OC)cnc1Oc1ccc(Cl)cc1. The number of nitrogens with zero attached hydrogens (tertiary/aromatic N) is 3. The minimum Gasteiger partial charge on any atom is -0.469 e. The Labute approximate surface area is 203 Å². The molecule has 1 atom stereocenters. The Morgan fingerprint density at radius 1 is 1.29 bits per heavy atom. The van der Waals surface area contributed by atoms with Gasteiger partial charge in [0.25, 0.3) is 0 Å². The molecule has 0 unspecified atom stereocenters. The smallest absolute Gasteiger partial charge is 0.307 e. The topological polar surface area (TPSA) is 112 Å². The fourth-order valence-electron chi connectivity index (χ4n) is 3.78. The summed E-state index contributed by atoms with van der Waals surface area (Å²) < 4.78 is 40.9. The maximum Gasteiger partial charge on any atom is 0.307 e. The Morgan fingerprint density at radius 2 is 2.06 bits per heavy atom. The number of rotatable bonds is 8. The number of aryl methyl sites for hydroxylation is 1. The molecule has 0 amide bonds. The lowest BCUT2D eigenvalue weighted by molar-refractivity contribution is -0.140. The molecule has 2 aromatic heterocycles. The van der Waals surface area contributed by atoms with Crippen LogP contribution in [0.1, 0.15) is 36.6 Å². The van der Waals surface area contributed by atoms with Gasteiger partial charge < -0.3 is 9.47 Å². The Balaban J connectivity index is 1.49. The van der Waals surface area contributed by atoms with Gasteiger partial charge in [-0.2, -0.15) is 5.10 Å². The first kappa shape index (κ1) is 24.2. The number of aromatic nitrogens is 3. The van der Waals surface area contributed by atoms with Crippen LogP contribution in [-0.4, -0.2) is 44.1 Å². The molecule has 1 aromatic carbocycles. The molecule has 1 N–H and O–H groups in total. The van der Waals surface area contributed by atoms with Gasteiger partial charge in [-0.05, 0) is 55.1 Å². The summed E-state index contributed by atoms with van der Waals surface area (Å²) in [5, 5.41) is 4.90. The van der Waals surface area contributed by atoms with Crippen molar-refractivity contribution in [2.45, 2.75) is 43.2 Å². The molecule has 9 nitrogen and oxygen atoms in total. The molecule has 3 aromatic rings. The van der Waals surface area contributed by atoms with Crippen molar-refractivity contribution in [1.29, 1.82) is 0 Å². The normalized spacial score (nSPS) is 15.5. The van der Waals surface area contributed by atoms with Crippen LogP contribution in [0.3, 0.4) is 0 Å². The monoisotopic (exact) mass is 500 g/mol. The third-order valence-corrected chi connectivity index (χ3v) is 7.20. The molecular weight excluding hydrogens is 479 g/mol. The fourth-order valence-corrected chi connectivity index (χ4v) is 5.14. The minimum absolute atomic E-state index is 0.0707. The quantitative estimate of drug-likeness (QED) is 0.373. The zero-order chi connectivity index (χ0) is 24.3. The van der Waals surface area contributed by atoms with E-state index in [1.54, 1.807) is 35.1 Å². The number of esters is 1. The summed E-state index contributed by atoms with van der Waals surface area (Å²) in [6, 6.07) is 7.48. The van der Waals surface area contributed by atoms with E-state index in [4.69, 9.17) is 24.2 Å². The van der Waals surface area contributed by atoms with E-state index in [0.717, 1.165) is 24.1 Å². The second-order valence-electron chi connectivity index (χ2n) is 7.78. The summed E-state index contributed by atoms with van der Waals surface area (Å²) >= 11 is 5.87. The Kier molecular flexibility index (Phi) is 7.25. The van der Waals surface area contributed by atoms with Crippen molar-refractivity contribution in [2.24, 2.45) is 0 Å². The molecule has 2 radical (unpaired) electrons. The summed E-state index contributed by atoms with van der Waals surface area (Å²) in [5.74, 6) is 0.232. The van der Waals surface area contributed by atoms with Gasteiger partial charge >= 0.3 is 5.97 Å². The number of ether oxygens (including phenoxy) is 2. The van der Waals surface area contributed by atoms with Crippen LogP contribution < -0.4 is 14.9 Å². The zero-order valence-corrected chi connectivity index (χ0v) is 20.0. The lowest BCUT2D eigenvalue weighted by atomic mass is 9.94. The number of pyridine rings is 1. The highest BCUT2D eigenvalue weighted by Crippen LogP contribution is 2.31. The number of hydrogen-bond acceptors (Lipinski definition) is 7. The average molecular weight is 501 g/mol. The van der Waals surface area contributed by atoms with Crippen LogP contribution in [0.15, 0.2) is 47.6 Å². The van der Waals surface area contributed by atoms with Gasteiger partial charge in [0, 0.05) is 16.3 Å². The van der Waals surface area contributed by atoms with Crippen molar-refractivity contribution in [2.75, 3.05) is 7.11 Å². The molecule has 0 spiro atoms. The number of carbonyl (C=O) groups is 1. The number of hydrogen-bond donors (Lipinski definition) is 1. The summed E-state index contributed by atoms with van der Waals surface area (Å²) in [6.07, 6.45) is 5.19. The maximum atomic E-state index is 13.1. The molecule has 1 aliphatic carbocycles. The molecule has 176 valence electrons. The summed E-state index contributed by atoms with van der Waals surface area (Å²) in [4.78, 5) is 15.5. The number of fused-ring (bicyclic) bond motifs is 1. The van der Waals surface area contributed by atoms with E-state index in [-0.39, 0.29) is 28.6 Å². The van der Waals surface area contributed by atoms with Crippen molar-refractivity contribution < 1.29 is 22.7 Å². The molecule has 0 bridgehead atoms. The van der Waals surface area contributed by atoms with Crippen LogP contribution in [0.25, 0.3) is 0 Å². The minimum atomic E-state index is -3.92. The fraction of sp³-hybridized carbons (Fsp3) is 0.318. The second kappa shape index (κ2) is 10.2. The first-order valence-corrected chi connectivity index (χ1v) is 12.5. The highest BCUT2D eigenvalue weighted by molar-refractivity contribution is 7.89. The second-order valence-corrected chi connectivity index (χ2v) is 9.93. The van der Waals surface area contributed by atoms with Crippen LogP contribution in [0, 0.1) is 0 Å². The van der Waals surface area contributed by atoms with Crippen molar-refractivity contribution in [3.8, 4) is 11.6 Å². The molecule has 2 heterocycles. The average Bonchev–Trinajstić information content (AvgIpc) is 3.24. The van der Waals surface area contributed by atoms with E-state index in [2.05, 4.69) is 19.5 Å². The highest BCUT2D eigenvalue weighted by atomic mass is 35.5. The van der Waals surface area contributed by atoms with Gasteiger partial charge in [0.15, 0.2) is 0 Å². The van der Waals surface area contributed by atoms with Gasteiger partial charge in [0.1, 0.15) is 13.6 Å². The highest BCUT2D eigenvalue weighted by Gasteiger charge is 2.29. The van der Waals surface area contributed by atoms with E-state index in [0.29, 0.717) is 23.7 Å². The van der Waals surface area contributed by atoms with E-state index in [1.165, 1.54) is 19.4 Å². The van der Waals surface area contributed by atoms with Gasteiger partial charge in [-0.25, -0.2) is 18.1 Å². The number of nitrogens with one attached hydrogen (secondary N) is 1. The largest absolute Gasteiger partial charge is 0.469 e. The molecule has 0 saturated heterocycles. The molecule has 4 rings (SSSR count). The van der Waals surface area contributed by atoms with E-state index >= 15 is 0 Å². The number of carbonyl (C=O) groups excluding carboxylic acids is 1. The molecular formula is C22H22BClN4O5S. The number of halogens is 1. The molecule has 1 aliphatic rings. The molecule has 0 aliphatic heterocycles. The predicted molar refractivity (Wildman–Crippen MR) is 126 cm³/mol.